The molecular formula is C12H12BrN3. The molecule has 0 aromatic carbocycles. The van der Waals surface area contributed by atoms with E-state index in [0.29, 0.717) is 5.69 Å². The molecule has 0 fully saturated rings. The van der Waals surface area contributed by atoms with E-state index in [4.69, 9.17) is 0 Å². The van der Waals surface area contributed by atoms with Gasteiger partial charge in [-0.05, 0) is 28.1 Å². The predicted octanol–water partition coefficient (Wildman–Crippen LogP) is 3.27. The molecule has 0 atom stereocenters. The van der Waals surface area contributed by atoms with Gasteiger partial charge in [0.1, 0.15) is 17.4 Å². The fourth-order valence-corrected chi connectivity index (χ4v) is 2.19. The number of aromatic nitrogens is 2. The molecule has 82 valence electrons. The molecule has 0 radical (unpaired) electrons. The molecule has 0 bridgehead atoms. The number of fused-ring (bicyclic) bond motifs is 1. The van der Waals surface area contributed by atoms with Crippen LogP contribution in [0, 0.1) is 11.3 Å². The number of hydrogen-bond donors (Lipinski definition) is 0. The number of rotatable bonds is 0. The van der Waals surface area contributed by atoms with Crippen molar-refractivity contribution in [3.8, 4) is 6.07 Å². The molecule has 0 aliphatic rings. The molecule has 2 aromatic heterocycles. The van der Waals surface area contributed by atoms with Gasteiger partial charge in [0, 0.05) is 5.41 Å². The molecule has 2 heterocycles. The van der Waals surface area contributed by atoms with Crippen molar-refractivity contribution in [1.82, 2.24) is 9.38 Å². The number of pyridine rings is 1. The van der Waals surface area contributed by atoms with E-state index in [9.17, 15) is 5.26 Å². The number of nitriles is 1. The lowest BCUT2D eigenvalue weighted by Gasteiger charge is -2.15. The largest absolute Gasteiger partial charge is 0.277 e. The van der Waals surface area contributed by atoms with Crippen LogP contribution in [0.2, 0.25) is 0 Å². The first kappa shape index (κ1) is 11.2. The standard InChI is InChI=1S/C12H12BrN3/c1-12(2,3)11-8(7-14)16-9(13)5-4-6-10(16)15-11/h4-6H,1-3H3. The predicted molar refractivity (Wildman–Crippen MR) is 66.3 cm³/mol. The summed E-state index contributed by atoms with van der Waals surface area (Å²) >= 11 is 3.44. The Kier molecular flexibility index (Phi) is 2.51. The molecule has 0 aliphatic carbocycles. The van der Waals surface area contributed by atoms with E-state index >= 15 is 0 Å². The van der Waals surface area contributed by atoms with Gasteiger partial charge in [0.15, 0.2) is 0 Å². The van der Waals surface area contributed by atoms with Crippen LogP contribution in [0.3, 0.4) is 0 Å². The Morgan fingerprint density at radius 3 is 2.62 bits per heavy atom. The second-order valence-corrected chi connectivity index (χ2v) is 5.53. The van der Waals surface area contributed by atoms with Crippen LogP contribution in [-0.4, -0.2) is 9.38 Å². The third-order valence-corrected chi connectivity index (χ3v) is 3.03. The number of nitrogens with zero attached hydrogens (tertiary/aromatic N) is 3. The van der Waals surface area contributed by atoms with E-state index in [2.05, 4.69) is 47.8 Å². The fraction of sp³-hybridized carbons (Fsp3) is 0.333. The van der Waals surface area contributed by atoms with E-state index in [1.165, 1.54) is 0 Å². The first-order valence-corrected chi connectivity index (χ1v) is 5.82. The van der Waals surface area contributed by atoms with Crippen molar-refractivity contribution in [3.05, 3.63) is 34.2 Å². The van der Waals surface area contributed by atoms with E-state index in [0.717, 1.165) is 15.9 Å². The Balaban J connectivity index is 2.90. The monoisotopic (exact) mass is 277 g/mol. The van der Waals surface area contributed by atoms with Gasteiger partial charge in [0.05, 0.1) is 10.3 Å². The van der Waals surface area contributed by atoms with Crippen LogP contribution < -0.4 is 0 Å². The van der Waals surface area contributed by atoms with Crippen LogP contribution in [0.25, 0.3) is 5.65 Å². The zero-order valence-electron chi connectivity index (χ0n) is 9.45. The summed E-state index contributed by atoms with van der Waals surface area (Å²) in [6.45, 7) is 6.18. The summed E-state index contributed by atoms with van der Waals surface area (Å²) in [5.41, 5.74) is 2.11. The molecule has 0 spiro atoms. The van der Waals surface area contributed by atoms with Gasteiger partial charge < -0.3 is 0 Å². The average molecular weight is 278 g/mol. The van der Waals surface area contributed by atoms with Gasteiger partial charge in [-0.3, -0.25) is 4.40 Å². The van der Waals surface area contributed by atoms with E-state index < -0.39 is 0 Å². The number of imidazole rings is 1. The first-order chi connectivity index (χ1) is 7.45. The van der Waals surface area contributed by atoms with Crippen molar-refractivity contribution in [2.75, 3.05) is 0 Å². The van der Waals surface area contributed by atoms with Crippen molar-refractivity contribution >= 4 is 21.6 Å². The Hall–Kier alpha value is -1.34. The van der Waals surface area contributed by atoms with Gasteiger partial charge in [-0.25, -0.2) is 4.98 Å². The zero-order chi connectivity index (χ0) is 11.9. The van der Waals surface area contributed by atoms with Gasteiger partial charge in [0.25, 0.3) is 0 Å². The summed E-state index contributed by atoms with van der Waals surface area (Å²) in [7, 11) is 0. The highest BCUT2D eigenvalue weighted by Gasteiger charge is 2.24. The molecule has 0 aliphatic heterocycles. The van der Waals surface area contributed by atoms with E-state index in [1.807, 2.05) is 22.6 Å². The summed E-state index contributed by atoms with van der Waals surface area (Å²) in [4.78, 5) is 4.53. The Labute approximate surface area is 103 Å². The van der Waals surface area contributed by atoms with E-state index in [1.54, 1.807) is 0 Å². The maximum Gasteiger partial charge on any atom is 0.149 e. The smallest absolute Gasteiger partial charge is 0.149 e. The second-order valence-electron chi connectivity index (χ2n) is 4.71. The summed E-state index contributed by atoms with van der Waals surface area (Å²) in [6, 6.07) is 7.96. The molecule has 0 amide bonds. The molecule has 2 rings (SSSR count). The highest BCUT2D eigenvalue weighted by molar-refractivity contribution is 9.10. The van der Waals surface area contributed by atoms with Gasteiger partial charge in [-0.2, -0.15) is 5.26 Å². The Morgan fingerprint density at radius 2 is 2.06 bits per heavy atom. The lowest BCUT2D eigenvalue weighted by Crippen LogP contribution is -2.13. The van der Waals surface area contributed by atoms with Gasteiger partial charge in [-0.15, -0.1) is 0 Å². The summed E-state index contributed by atoms with van der Waals surface area (Å²) < 4.78 is 2.69. The quantitative estimate of drug-likeness (QED) is 0.694. The minimum atomic E-state index is -0.128. The van der Waals surface area contributed by atoms with E-state index in [-0.39, 0.29) is 5.41 Å². The Bertz CT molecular complexity index is 585. The molecule has 2 aromatic rings. The third-order valence-electron chi connectivity index (χ3n) is 2.41. The minimum Gasteiger partial charge on any atom is -0.277 e. The zero-order valence-corrected chi connectivity index (χ0v) is 11.0. The molecule has 0 saturated carbocycles. The second kappa shape index (κ2) is 3.60. The molecular weight excluding hydrogens is 266 g/mol. The minimum absolute atomic E-state index is 0.128. The highest BCUT2D eigenvalue weighted by atomic mass is 79.9. The lowest BCUT2D eigenvalue weighted by atomic mass is 9.91. The number of hydrogen-bond acceptors (Lipinski definition) is 2. The molecule has 0 saturated heterocycles. The maximum absolute atomic E-state index is 9.26. The first-order valence-electron chi connectivity index (χ1n) is 5.02. The highest BCUT2D eigenvalue weighted by Crippen LogP contribution is 2.27. The molecule has 0 unspecified atom stereocenters. The van der Waals surface area contributed by atoms with Crippen LogP contribution in [0.4, 0.5) is 0 Å². The van der Waals surface area contributed by atoms with Crippen LogP contribution in [0.15, 0.2) is 22.8 Å². The molecule has 3 nitrogen and oxygen atoms in total. The fourth-order valence-electron chi connectivity index (χ4n) is 1.68. The summed E-state index contributed by atoms with van der Waals surface area (Å²) in [5.74, 6) is 0. The lowest BCUT2D eigenvalue weighted by molar-refractivity contribution is 0.571. The van der Waals surface area contributed by atoms with Crippen molar-refractivity contribution in [2.24, 2.45) is 0 Å². The summed E-state index contributed by atoms with van der Waals surface area (Å²) in [5, 5.41) is 9.26. The van der Waals surface area contributed by atoms with Crippen LogP contribution in [0.5, 0.6) is 0 Å². The van der Waals surface area contributed by atoms with Crippen molar-refractivity contribution < 1.29 is 0 Å². The SMILES string of the molecule is CC(C)(C)c1nc2cccc(Br)n2c1C#N. The Morgan fingerprint density at radius 1 is 1.38 bits per heavy atom. The number of halogens is 1. The van der Waals surface area contributed by atoms with Crippen molar-refractivity contribution in [2.45, 2.75) is 26.2 Å². The summed E-state index contributed by atoms with van der Waals surface area (Å²) in [6.07, 6.45) is 0. The van der Waals surface area contributed by atoms with Gasteiger partial charge >= 0.3 is 0 Å². The molecule has 0 N–H and O–H groups in total. The average Bonchev–Trinajstić information content (AvgIpc) is 2.57. The van der Waals surface area contributed by atoms with Crippen LogP contribution in [0.1, 0.15) is 32.2 Å². The van der Waals surface area contributed by atoms with Crippen molar-refractivity contribution in [1.29, 1.82) is 5.26 Å². The van der Waals surface area contributed by atoms with Gasteiger partial charge in [-0.1, -0.05) is 26.8 Å². The molecule has 4 heteroatoms. The topological polar surface area (TPSA) is 41.1 Å². The third kappa shape index (κ3) is 1.61. The molecule has 16 heavy (non-hydrogen) atoms. The van der Waals surface area contributed by atoms with Gasteiger partial charge in [0.2, 0.25) is 0 Å². The maximum atomic E-state index is 9.26. The van der Waals surface area contributed by atoms with Crippen LogP contribution >= 0.6 is 15.9 Å². The van der Waals surface area contributed by atoms with Crippen molar-refractivity contribution in [3.63, 3.8) is 0 Å². The normalized spacial score (nSPS) is 11.7. The van der Waals surface area contributed by atoms with Crippen LogP contribution in [-0.2, 0) is 5.41 Å².